The third-order valence-electron chi connectivity index (χ3n) is 3.49. The maximum absolute atomic E-state index is 11.6. The smallest absolute Gasteiger partial charge is 0.308 e. The number of ether oxygens (including phenoxy) is 1. The molecule has 0 bridgehead atoms. The van der Waals surface area contributed by atoms with Crippen molar-refractivity contribution in [3.8, 4) is 0 Å². The Bertz CT molecular complexity index is 573. The number of hydrogen-bond donors (Lipinski definition) is 0. The minimum Gasteiger partial charge on any atom is -0.461 e. The van der Waals surface area contributed by atoms with Crippen LogP contribution in [0.3, 0.4) is 0 Å². The molecule has 0 fully saturated rings. The maximum atomic E-state index is 11.6. The molecule has 0 atom stereocenters. The lowest BCUT2D eigenvalue weighted by Gasteiger charge is -2.11. The van der Waals surface area contributed by atoms with Crippen LogP contribution in [0.15, 0.2) is 54.6 Å². The van der Waals surface area contributed by atoms with E-state index in [0.29, 0.717) is 6.61 Å². The Morgan fingerprint density at radius 1 is 0.905 bits per heavy atom. The summed E-state index contributed by atoms with van der Waals surface area (Å²) in [5.41, 5.74) is 3.67. The van der Waals surface area contributed by atoms with Crippen LogP contribution in [0.2, 0.25) is 0 Å². The van der Waals surface area contributed by atoms with Crippen LogP contribution in [0.5, 0.6) is 0 Å². The van der Waals surface area contributed by atoms with Crippen molar-refractivity contribution in [1.82, 2.24) is 0 Å². The van der Waals surface area contributed by atoms with Crippen molar-refractivity contribution in [2.45, 2.75) is 33.3 Å². The molecule has 0 heterocycles. The van der Waals surface area contributed by atoms with E-state index in [2.05, 4.69) is 30.3 Å². The first kappa shape index (κ1) is 15.3. The maximum Gasteiger partial charge on any atom is 0.308 e. The van der Waals surface area contributed by atoms with E-state index in [1.807, 2.05) is 38.1 Å². The van der Waals surface area contributed by atoms with Gasteiger partial charge in [0.15, 0.2) is 0 Å². The number of benzene rings is 2. The second-order valence-corrected chi connectivity index (χ2v) is 5.52. The van der Waals surface area contributed by atoms with E-state index in [9.17, 15) is 4.79 Å². The molecule has 0 aliphatic rings. The fraction of sp³-hybridized carbons (Fsp3) is 0.316. The van der Waals surface area contributed by atoms with Gasteiger partial charge in [-0.05, 0) is 29.5 Å². The highest BCUT2D eigenvalue weighted by molar-refractivity contribution is 5.71. The number of carbonyl (C=O) groups excluding carboxylic acids is 1. The molecular weight excluding hydrogens is 260 g/mol. The SMILES string of the molecule is CC(C)C(=O)OCc1ccccc1CCc1ccccc1. The van der Waals surface area contributed by atoms with E-state index >= 15 is 0 Å². The summed E-state index contributed by atoms with van der Waals surface area (Å²) in [6, 6.07) is 18.6. The molecule has 0 amide bonds. The van der Waals surface area contributed by atoms with Crippen molar-refractivity contribution in [3.63, 3.8) is 0 Å². The van der Waals surface area contributed by atoms with Crippen LogP contribution >= 0.6 is 0 Å². The zero-order chi connectivity index (χ0) is 15.1. The molecule has 2 aromatic carbocycles. The Morgan fingerprint density at radius 2 is 1.52 bits per heavy atom. The molecule has 0 aromatic heterocycles. The summed E-state index contributed by atoms with van der Waals surface area (Å²) in [6.45, 7) is 4.06. The average molecular weight is 282 g/mol. The number of hydrogen-bond acceptors (Lipinski definition) is 2. The summed E-state index contributed by atoms with van der Waals surface area (Å²) in [6.07, 6.45) is 1.95. The highest BCUT2D eigenvalue weighted by Crippen LogP contribution is 2.14. The Kier molecular flexibility index (Phi) is 5.56. The van der Waals surface area contributed by atoms with Crippen molar-refractivity contribution in [2.75, 3.05) is 0 Å². The van der Waals surface area contributed by atoms with Crippen LogP contribution in [0, 0.1) is 5.92 Å². The van der Waals surface area contributed by atoms with Crippen molar-refractivity contribution < 1.29 is 9.53 Å². The first-order valence-corrected chi connectivity index (χ1v) is 7.44. The molecular formula is C19H22O2. The number of esters is 1. The second kappa shape index (κ2) is 7.63. The number of aryl methyl sites for hydroxylation is 2. The van der Waals surface area contributed by atoms with Crippen LogP contribution < -0.4 is 0 Å². The number of carbonyl (C=O) groups is 1. The predicted octanol–water partition coefficient (Wildman–Crippen LogP) is 4.17. The third kappa shape index (κ3) is 4.75. The fourth-order valence-corrected chi connectivity index (χ4v) is 2.18. The topological polar surface area (TPSA) is 26.3 Å². The van der Waals surface area contributed by atoms with Gasteiger partial charge in [-0.2, -0.15) is 0 Å². The van der Waals surface area contributed by atoms with Gasteiger partial charge >= 0.3 is 5.97 Å². The summed E-state index contributed by atoms with van der Waals surface area (Å²) in [5, 5.41) is 0. The zero-order valence-corrected chi connectivity index (χ0v) is 12.7. The average Bonchev–Trinajstić information content (AvgIpc) is 2.52. The molecule has 110 valence electrons. The van der Waals surface area contributed by atoms with Gasteiger partial charge in [0, 0.05) is 0 Å². The normalized spacial score (nSPS) is 10.6. The monoisotopic (exact) mass is 282 g/mol. The summed E-state index contributed by atoms with van der Waals surface area (Å²) in [5.74, 6) is -0.227. The molecule has 0 N–H and O–H groups in total. The predicted molar refractivity (Wildman–Crippen MR) is 84.9 cm³/mol. The van der Waals surface area contributed by atoms with Gasteiger partial charge in [0.1, 0.15) is 6.61 Å². The molecule has 0 saturated carbocycles. The largest absolute Gasteiger partial charge is 0.461 e. The van der Waals surface area contributed by atoms with Gasteiger partial charge < -0.3 is 4.74 Å². The summed E-state index contributed by atoms with van der Waals surface area (Å²) in [4.78, 5) is 11.6. The third-order valence-corrected chi connectivity index (χ3v) is 3.49. The lowest BCUT2D eigenvalue weighted by atomic mass is 10.0. The molecule has 0 saturated heterocycles. The van der Waals surface area contributed by atoms with Gasteiger partial charge in [0.25, 0.3) is 0 Å². The van der Waals surface area contributed by atoms with Gasteiger partial charge in [-0.3, -0.25) is 4.79 Å². The van der Waals surface area contributed by atoms with Gasteiger partial charge in [-0.1, -0.05) is 68.4 Å². The Hall–Kier alpha value is -2.09. The molecule has 2 nitrogen and oxygen atoms in total. The van der Waals surface area contributed by atoms with Crippen LogP contribution in [0.25, 0.3) is 0 Å². The van der Waals surface area contributed by atoms with E-state index in [0.717, 1.165) is 18.4 Å². The van der Waals surface area contributed by atoms with Gasteiger partial charge in [-0.25, -0.2) is 0 Å². The Balaban J connectivity index is 1.98. The van der Waals surface area contributed by atoms with Crippen LogP contribution in [0.4, 0.5) is 0 Å². The minimum atomic E-state index is -0.145. The standard InChI is InChI=1S/C19H22O2/c1-15(2)19(20)21-14-18-11-7-6-10-17(18)13-12-16-8-4-3-5-9-16/h3-11,15H,12-14H2,1-2H3. The summed E-state index contributed by atoms with van der Waals surface area (Å²) >= 11 is 0. The van der Waals surface area contributed by atoms with Gasteiger partial charge in [0.05, 0.1) is 5.92 Å². The van der Waals surface area contributed by atoms with E-state index in [4.69, 9.17) is 4.74 Å². The van der Waals surface area contributed by atoms with E-state index in [1.165, 1.54) is 11.1 Å². The summed E-state index contributed by atoms with van der Waals surface area (Å²) in [7, 11) is 0. The number of rotatable bonds is 6. The van der Waals surface area contributed by atoms with Crippen LogP contribution in [-0.2, 0) is 29.0 Å². The van der Waals surface area contributed by atoms with Crippen LogP contribution in [0.1, 0.15) is 30.5 Å². The molecule has 2 heteroatoms. The first-order chi connectivity index (χ1) is 10.2. The zero-order valence-electron chi connectivity index (χ0n) is 12.7. The van der Waals surface area contributed by atoms with Crippen LogP contribution in [-0.4, -0.2) is 5.97 Å². The van der Waals surface area contributed by atoms with E-state index < -0.39 is 0 Å². The van der Waals surface area contributed by atoms with Gasteiger partial charge in [0.2, 0.25) is 0 Å². The molecule has 0 radical (unpaired) electrons. The van der Waals surface area contributed by atoms with E-state index in [1.54, 1.807) is 0 Å². The molecule has 2 aromatic rings. The fourth-order valence-electron chi connectivity index (χ4n) is 2.18. The quantitative estimate of drug-likeness (QED) is 0.743. The highest BCUT2D eigenvalue weighted by atomic mass is 16.5. The second-order valence-electron chi connectivity index (χ2n) is 5.52. The Morgan fingerprint density at radius 3 is 2.19 bits per heavy atom. The van der Waals surface area contributed by atoms with E-state index in [-0.39, 0.29) is 11.9 Å². The molecule has 2 rings (SSSR count). The Labute approximate surface area is 126 Å². The lowest BCUT2D eigenvalue weighted by molar-refractivity contribution is -0.148. The molecule has 21 heavy (non-hydrogen) atoms. The molecule has 0 unspecified atom stereocenters. The first-order valence-electron chi connectivity index (χ1n) is 7.44. The van der Waals surface area contributed by atoms with Gasteiger partial charge in [-0.15, -0.1) is 0 Å². The lowest BCUT2D eigenvalue weighted by Crippen LogP contribution is -2.12. The molecule has 0 aliphatic carbocycles. The van der Waals surface area contributed by atoms with Crippen molar-refractivity contribution in [3.05, 3.63) is 71.3 Å². The summed E-state index contributed by atoms with van der Waals surface area (Å²) < 4.78 is 5.34. The minimum absolute atomic E-state index is 0.0820. The van der Waals surface area contributed by atoms with Crippen molar-refractivity contribution >= 4 is 5.97 Å². The highest BCUT2D eigenvalue weighted by Gasteiger charge is 2.10. The molecule has 0 aliphatic heterocycles. The van der Waals surface area contributed by atoms with Crippen molar-refractivity contribution in [1.29, 1.82) is 0 Å². The molecule has 0 spiro atoms. The van der Waals surface area contributed by atoms with Crippen molar-refractivity contribution in [2.24, 2.45) is 5.92 Å².